The summed E-state index contributed by atoms with van der Waals surface area (Å²) in [6.07, 6.45) is 5.17. The quantitative estimate of drug-likeness (QED) is 0.835. The van der Waals surface area contributed by atoms with Crippen molar-refractivity contribution in [3.05, 3.63) is 29.8 Å². The summed E-state index contributed by atoms with van der Waals surface area (Å²) in [6.45, 7) is 3.00. The Morgan fingerprint density at radius 2 is 2.05 bits per heavy atom. The van der Waals surface area contributed by atoms with Crippen LogP contribution in [0.25, 0.3) is 0 Å². The second-order valence-electron chi connectivity index (χ2n) is 5.51. The molecule has 0 spiro atoms. The minimum atomic E-state index is 0.515. The highest BCUT2D eigenvalue weighted by atomic mass is 32.1. The Labute approximate surface area is 127 Å². The maximum absolute atomic E-state index is 5.40. The summed E-state index contributed by atoms with van der Waals surface area (Å²) in [5.41, 5.74) is 1.12. The lowest BCUT2D eigenvalue weighted by molar-refractivity contribution is 0.308. The number of rotatable bonds is 4. The number of thiocarbonyl (C=S) groups is 1. The Balaban J connectivity index is 1.82. The zero-order valence-electron chi connectivity index (χ0n) is 12.3. The van der Waals surface area contributed by atoms with E-state index in [2.05, 4.69) is 23.6 Å². The van der Waals surface area contributed by atoms with E-state index >= 15 is 0 Å². The molecule has 2 N–H and O–H groups in total. The number of hydrogen-bond donors (Lipinski definition) is 2. The van der Waals surface area contributed by atoms with Crippen molar-refractivity contribution >= 4 is 17.3 Å². The van der Waals surface area contributed by atoms with Gasteiger partial charge in [-0.2, -0.15) is 0 Å². The van der Waals surface area contributed by atoms with Gasteiger partial charge in [0.2, 0.25) is 0 Å². The minimum Gasteiger partial charge on any atom is -0.496 e. The van der Waals surface area contributed by atoms with Gasteiger partial charge in [0.05, 0.1) is 7.11 Å². The topological polar surface area (TPSA) is 33.3 Å². The van der Waals surface area contributed by atoms with Crippen molar-refractivity contribution in [1.82, 2.24) is 10.6 Å². The van der Waals surface area contributed by atoms with Crippen LogP contribution in [-0.4, -0.2) is 18.3 Å². The number of methoxy groups -OCH3 is 1. The van der Waals surface area contributed by atoms with Crippen molar-refractivity contribution in [2.24, 2.45) is 5.92 Å². The maximum Gasteiger partial charge on any atom is 0.166 e. The van der Waals surface area contributed by atoms with E-state index in [-0.39, 0.29) is 0 Å². The largest absolute Gasteiger partial charge is 0.496 e. The molecule has 1 fully saturated rings. The molecule has 4 heteroatoms. The van der Waals surface area contributed by atoms with E-state index in [1.165, 1.54) is 25.7 Å². The number of ether oxygens (including phenoxy) is 1. The first-order chi connectivity index (χ1) is 9.70. The molecule has 1 aromatic carbocycles. The first-order valence-corrected chi connectivity index (χ1v) is 7.78. The first-order valence-electron chi connectivity index (χ1n) is 7.37. The van der Waals surface area contributed by atoms with Crippen LogP contribution < -0.4 is 15.4 Å². The van der Waals surface area contributed by atoms with Gasteiger partial charge in [-0.15, -0.1) is 0 Å². The van der Waals surface area contributed by atoms with Crippen molar-refractivity contribution in [1.29, 1.82) is 0 Å². The van der Waals surface area contributed by atoms with Crippen LogP contribution in [-0.2, 0) is 6.54 Å². The van der Waals surface area contributed by atoms with Crippen LogP contribution in [0.4, 0.5) is 0 Å². The Bertz CT molecular complexity index is 450. The molecule has 0 heterocycles. The molecule has 110 valence electrons. The van der Waals surface area contributed by atoms with Gasteiger partial charge >= 0.3 is 0 Å². The average molecular weight is 292 g/mol. The monoisotopic (exact) mass is 292 g/mol. The van der Waals surface area contributed by atoms with Crippen LogP contribution >= 0.6 is 12.2 Å². The van der Waals surface area contributed by atoms with Gasteiger partial charge in [-0.05, 0) is 37.0 Å². The van der Waals surface area contributed by atoms with Crippen LogP contribution in [0.5, 0.6) is 5.75 Å². The molecule has 0 bridgehead atoms. The molecule has 0 unspecified atom stereocenters. The molecule has 0 radical (unpaired) electrons. The van der Waals surface area contributed by atoms with E-state index in [0.29, 0.717) is 18.5 Å². The van der Waals surface area contributed by atoms with Crippen LogP contribution in [0, 0.1) is 5.92 Å². The highest BCUT2D eigenvalue weighted by Crippen LogP contribution is 2.23. The summed E-state index contributed by atoms with van der Waals surface area (Å²) < 4.78 is 5.34. The number of hydrogen-bond acceptors (Lipinski definition) is 2. The van der Waals surface area contributed by atoms with Crippen molar-refractivity contribution in [3.8, 4) is 5.75 Å². The zero-order chi connectivity index (χ0) is 14.4. The lowest BCUT2D eigenvalue weighted by atomic mass is 9.86. The Hall–Kier alpha value is -1.29. The molecule has 0 aromatic heterocycles. The predicted molar refractivity (Wildman–Crippen MR) is 87.0 cm³/mol. The number of para-hydroxylation sites is 1. The molecular weight excluding hydrogens is 268 g/mol. The Morgan fingerprint density at radius 1 is 1.30 bits per heavy atom. The number of nitrogens with one attached hydrogen (secondary N) is 2. The highest BCUT2D eigenvalue weighted by Gasteiger charge is 2.21. The minimum absolute atomic E-state index is 0.515. The van der Waals surface area contributed by atoms with Gasteiger partial charge in [0.25, 0.3) is 0 Å². The second kappa shape index (κ2) is 7.48. The van der Waals surface area contributed by atoms with E-state index in [1.54, 1.807) is 7.11 Å². The van der Waals surface area contributed by atoms with Gasteiger partial charge < -0.3 is 15.4 Å². The third-order valence-corrected chi connectivity index (χ3v) is 4.32. The van der Waals surface area contributed by atoms with E-state index in [9.17, 15) is 0 Å². The molecule has 2 rings (SSSR count). The molecule has 2 atom stereocenters. The fraction of sp³-hybridized carbons (Fsp3) is 0.562. The van der Waals surface area contributed by atoms with Crippen molar-refractivity contribution < 1.29 is 4.74 Å². The zero-order valence-corrected chi connectivity index (χ0v) is 13.1. The molecule has 1 saturated carbocycles. The summed E-state index contributed by atoms with van der Waals surface area (Å²) >= 11 is 5.40. The number of benzene rings is 1. The molecule has 20 heavy (non-hydrogen) atoms. The second-order valence-corrected chi connectivity index (χ2v) is 5.92. The predicted octanol–water partition coefficient (Wildman–Crippen LogP) is 3.24. The van der Waals surface area contributed by atoms with Crippen LogP contribution in [0.15, 0.2) is 24.3 Å². The molecule has 1 aromatic rings. The van der Waals surface area contributed by atoms with E-state index in [1.807, 2.05) is 18.2 Å². The molecule has 0 amide bonds. The standard InChI is InChI=1S/C16H24N2OS/c1-12-7-3-5-9-14(12)18-16(20)17-11-13-8-4-6-10-15(13)19-2/h4,6,8,10,12,14H,3,5,7,9,11H2,1-2H3,(H2,17,18,20)/t12-,14+/m0/s1. The van der Waals surface area contributed by atoms with Gasteiger partial charge in [0.1, 0.15) is 5.75 Å². The third-order valence-electron chi connectivity index (χ3n) is 4.06. The fourth-order valence-corrected chi connectivity index (χ4v) is 3.00. The molecule has 0 saturated heterocycles. The Kier molecular flexibility index (Phi) is 5.65. The highest BCUT2D eigenvalue weighted by molar-refractivity contribution is 7.80. The van der Waals surface area contributed by atoms with Gasteiger partial charge in [-0.25, -0.2) is 0 Å². The SMILES string of the molecule is COc1ccccc1CNC(=S)N[C@@H]1CCCC[C@@H]1C. The molecule has 0 aliphatic heterocycles. The third kappa shape index (κ3) is 4.10. The van der Waals surface area contributed by atoms with Gasteiger partial charge in [0, 0.05) is 18.2 Å². The van der Waals surface area contributed by atoms with Crippen molar-refractivity contribution in [2.45, 2.75) is 45.2 Å². The van der Waals surface area contributed by atoms with Crippen LogP contribution in [0.3, 0.4) is 0 Å². The van der Waals surface area contributed by atoms with E-state index in [0.717, 1.165) is 16.4 Å². The summed E-state index contributed by atoms with van der Waals surface area (Å²) in [5, 5.41) is 7.48. The molecule has 1 aliphatic carbocycles. The maximum atomic E-state index is 5.40. The molecule has 3 nitrogen and oxygen atoms in total. The summed E-state index contributed by atoms with van der Waals surface area (Å²) in [5.74, 6) is 1.60. The first kappa shape index (κ1) is 15.1. The fourth-order valence-electron chi connectivity index (χ4n) is 2.77. The van der Waals surface area contributed by atoms with Crippen molar-refractivity contribution in [3.63, 3.8) is 0 Å². The lowest BCUT2D eigenvalue weighted by Gasteiger charge is -2.30. The molecule has 1 aliphatic rings. The van der Waals surface area contributed by atoms with E-state index in [4.69, 9.17) is 17.0 Å². The normalized spacial score (nSPS) is 22.1. The van der Waals surface area contributed by atoms with Crippen LogP contribution in [0.2, 0.25) is 0 Å². The molecular formula is C16H24N2OS. The van der Waals surface area contributed by atoms with Gasteiger partial charge in [0.15, 0.2) is 5.11 Å². The average Bonchev–Trinajstić information content (AvgIpc) is 2.48. The Morgan fingerprint density at radius 3 is 2.80 bits per heavy atom. The van der Waals surface area contributed by atoms with Crippen molar-refractivity contribution in [2.75, 3.05) is 7.11 Å². The summed E-state index contributed by atoms with van der Waals surface area (Å²) in [6, 6.07) is 8.53. The smallest absolute Gasteiger partial charge is 0.166 e. The lowest BCUT2D eigenvalue weighted by Crippen LogP contribution is -2.45. The summed E-state index contributed by atoms with van der Waals surface area (Å²) in [7, 11) is 1.69. The van der Waals surface area contributed by atoms with Gasteiger partial charge in [-0.3, -0.25) is 0 Å². The summed E-state index contributed by atoms with van der Waals surface area (Å²) in [4.78, 5) is 0. The van der Waals surface area contributed by atoms with E-state index < -0.39 is 0 Å². The van der Waals surface area contributed by atoms with Gasteiger partial charge in [-0.1, -0.05) is 38.0 Å². The van der Waals surface area contributed by atoms with Crippen LogP contribution in [0.1, 0.15) is 38.2 Å².